The number of aromatic nitrogens is 6. The minimum Gasteiger partial charge on any atom is -0.308 e. The van der Waals surface area contributed by atoms with Gasteiger partial charge in [0, 0.05) is 28.5 Å². The molecule has 9 rings (SSSR count). The minimum absolute atomic E-state index is 0.779. The zero-order valence-corrected chi connectivity index (χ0v) is 23.0. The molecule has 9 aromatic rings. The lowest BCUT2D eigenvalue weighted by Gasteiger charge is -2.14. The molecule has 0 unspecified atom stereocenters. The Morgan fingerprint density at radius 2 is 1.07 bits per heavy atom. The van der Waals surface area contributed by atoms with Crippen LogP contribution in [0.2, 0.25) is 0 Å². The van der Waals surface area contributed by atoms with E-state index in [1.54, 1.807) is 0 Å². The Hall–Kier alpha value is -6.01. The lowest BCUT2D eigenvalue weighted by atomic mass is 10.1. The van der Waals surface area contributed by atoms with Crippen molar-refractivity contribution in [1.29, 1.82) is 0 Å². The summed E-state index contributed by atoms with van der Waals surface area (Å²) in [5.41, 5.74) is 10.9. The van der Waals surface area contributed by atoms with E-state index in [1.165, 1.54) is 0 Å². The first-order chi connectivity index (χ1) is 21.4. The number of rotatable bonds is 4. The second kappa shape index (κ2) is 9.26. The minimum atomic E-state index is 0.779. The number of fused-ring (bicyclic) bond motifs is 6. The Bertz CT molecular complexity index is 2430. The first-order valence-electron chi connectivity index (χ1n) is 14.3. The third kappa shape index (κ3) is 3.50. The standard InChI is InChI=1S/C37H24N6/c1-4-13-25(14-5-1)33-24-39-37(42(33)27-17-8-3-9-18-27)43-30-21-12-22-38-35(30)36-32(43)23-31-34(40-36)28-19-10-11-20-29(28)41(31)26-15-6-2-7-16-26/h1-24H. The molecule has 0 saturated carbocycles. The normalized spacial score (nSPS) is 11.7. The molecule has 5 heterocycles. The number of hydrogen-bond acceptors (Lipinski definition) is 3. The number of benzene rings is 4. The summed E-state index contributed by atoms with van der Waals surface area (Å²) in [5.74, 6) is 0.779. The highest BCUT2D eigenvalue weighted by atomic mass is 15.3. The monoisotopic (exact) mass is 552 g/mol. The van der Waals surface area contributed by atoms with Crippen LogP contribution in [0.1, 0.15) is 0 Å². The molecule has 202 valence electrons. The van der Waals surface area contributed by atoms with Crippen molar-refractivity contribution in [2.24, 2.45) is 0 Å². The van der Waals surface area contributed by atoms with Crippen LogP contribution in [0.3, 0.4) is 0 Å². The van der Waals surface area contributed by atoms with Gasteiger partial charge < -0.3 is 4.57 Å². The fourth-order valence-electron chi connectivity index (χ4n) is 6.31. The number of nitrogens with zero attached hydrogens (tertiary/aromatic N) is 6. The number of imidazole rings is 1. The predicted octanol–water partition coefficient (Wildman–Crippen LogP) is 8.52. The second-order valence-electron chi connectivity index (χ2n) is 10.6. The maximum Gasteiger partial charge on any atom is 0.220 e. The van der Waals surface area contributed by atoms with E-state index in [0.717, 1.165) is 72.6 Å². The fourth-order valence-corrected chi connectivity index (χ4v) is 6.31. The fraction of sp³-hybridized carbons (Fsp3) is 0. The van der Waals surface area contributed by atoms with E-state index < -0.39 is 0 Å². The van der Waals surface area contributed by atoms with Gasteiger partial charge in [0.2, 0.25) is 5.95 Å². The zero-order valence-electron chi connectivity index (χ0n) is 23.0. The molecule has 0 aliphatic heterocycles. The van der Waals surface area contributed by atoms with E-state index in [4.69, 9.17) is 15.0 Å². The first kappa shape index (κ1) is 23.7. The molecule has 0 fully saturated rings. The van der Waals surface area contributed by atoms with Crippen LogP contribution in [0.4, 0.5) is 0 Å². The highest BCUT2D eigenvalue weighted by molar-refractivity contribution is 6.14. The van der Waals surface area contributed by atoms with Crippen LogP contribution in [-0.4, -0.2) is 28.7 Å². The van der Waals surface area contributed by atoms with Gasteiger partial charge >= 0.3 is 0 Å². The molecule has 0 aliphatic carbocycles. The summed E-state index contributed by atoms with van der Waals surface area (Å²) in [6, 6.07) is 46.1. The van der Waals surface area contributed by atoms with Gasteiger partial charge in [-0.25, -0.2) is 9.97 Å². The molecule has 0 saturated heterocycles. The van der Waals surface area contributed by atoms with Crippen molar-refractivity contribution in [1.82, 2.24) is 28.7 Å². The highest BCUT2D eigenvalue weighted by Gasteiger charge is 2.23. The number of hydrogen-bond donors (Lipinski definition) is 0. The van der Waals surface area contributed by atoms with Gasteiger partial charge in [-0.05, 0) is 48.5 Å². The Morgan fingerprint density at radius 3 is 1.84 bits per heavy atom. The SMILES string of the molecule is c1ccc(-c2cnc(-n3c4cccnc4c4nc5c6ccccc6n(-c6ccccc6)c5cc43)n2-c2ccccc2)cc1. The number of pyridine rings is 2. The molecule has 0 amide bonds. The molecule has 4 aromatic carbocycles. The van der Waals surface area contributed by atoms with E-state index in [1.807, 2.05) is 36.7 Å². The highest BCUT2D eigenvalue weighted by Crippen LogP contribution is 2.38. The van der Waals surface area contributed by atoms with Crippen LogP contribution in [0, 0.1) is 0 Å². The Labute approximate surface area is 246 Å². The second-order valence-corrected chi connectivity index (χ2v) is 10.6. The molecular weight excluding hydrogens is 528 g/mol. The summed E-state index contributed by atoms with van der Waals surface area (Å²) in [4.78, 5) is 15.3. The molecule has 0 spiro atoms. The quantitative estimate of drug-likeness (QED) is 0.220. The van der Waals surface area contributed by atoms with Crippen molar-refractivity contribution in [3.05, 3.63) is 146 Å². The molecule has 0 bridgehead atoms. The molecule has 0 aliphatic rings. The maximum atomic E-state index is 5.35. The summed E-state index contributed by atoms with van der Waals surface area (Å²) in [7, 11) is 0. The van der Waals surface area contributed by atoms with E-state index in [2.05, 4.69) is 123 Å². The van der Waals surface area contributed by atoms with Crippen LogP contribution in [0.15, 0.2) is 146 Å². The van der Waals surface area contributed by atoms with Crippen LogP contribution < -0.4 is 0 Å². The van der Waals surface area contributed by atoms with Crippen LogP contribution >= 0.6 is 0 Å². The molecule has 0 radical (unpaired) electrons. The summed E-state index contributed by atoms with van der Waals surface area (Å²) >= 11 is 0. The Kier molecular flexibility index (Phi) is 5.10. The van der Waals surface area contributed by atoms with Crippen molar-refractivity contribution < 1.29 is 0 Å². The van der Waals surface area contributed by atoms with E-state index >= 15 is 0 Å². The van der Waals surface area contributed by atoms with Gasteiger partial charge in [0.25, 0.3) is 0 Å². The first-order valence-corrected chi connectivity index (χ1v) is 14.3. The third-order valence-corrected chi connectivity index (χ3v) is 8.16. The Balaban J connectivity index is 1.44. The zero-order chi connectivity index (χ0) is 28.3. The smallest absolute Gasteiger partial charge is 0.220 e. The van der Waals surface area contributed by atoms with E-state index in [0.29, 0.717) is 0 Å². The summed E-state index contributed by atoms with van der Waals surface area (Å²) < 4.78 is 6.72. The summed E-state index contributed by atoms with van der Waals surface area (Å²) in [6.45, 7) is 0. The van der Waals surface area contributed by atoms with Gasteiger partial charge in [-0.15, -0.1) is 0 Å². The molecular formula is C37H24N6. The van der Waals surface area contributed by atoms with Gasteiger partial charge in [0.05, 0.1) is 39.5 Å². The van der Waals surface area contributed by atoms with Crippen LogP contribution in [0.5, 0.6) is 0 Å². The average molecular weight is 553 g/mol. The summed E-state index contributed by atoms with van der Waals surface area (Å²) in [6.07, 6.45) is 3.79. The molecule has 0 N–H and O–H groups in total. The van der Waals surface area contributed by atoms with E-state index in [9.17, 15) is 0 Å². The molecule has 6 nitrogen and oxygen atoms in total. The molecule has 43 heavy (non-hydrogen) atoms. The summed E-state index contributed by atoms with van der Waals surface area (Å²) in [5, 5.41) is 1.11. The van der Waals surface area contributed by atoms with Crippen molar-refractivity contribution in [2.45, 2.75) is 0 Å². The van der Waals surface area contributed by atoms with Gasteiger partial charge in [-0.2, -0.15) is 0 Å². The van der Waals surface area contributed by atoms with Crippen molar-refractivity contribution in [3.63, 3.8) is 0 Å². The topological polar surface area (TPSA) is 53.5 Å². The van der Waals surface area contributed by atoms with Gasteiger partial charge in [0.15, 0.2) is 0 Å². The van der Waals surface area contributed by atoms with E-state index in [-0.39, 0.29) is 0 Å². The van der Waals surface area contributed by atoms with Crippen molar-refractivity contribution in [3.8, 4) is 28.6 Å². The van der Waals surface area contributed by atoms with Gasteiger partial charge in [-0.3, -0.25) is 14.1 Å². The van der Waals surface area contributed by atoms with Crippen LogP contribution in [0.25, 0.3) is 72.6 Å². The maximum absolute atomic E-state index is 5.35. The third-order valence-electron chi connectivity index (χ3n) is 8.16. The lowest BCUT2D eigenvalue weighted by Crippen LogP contribution is -2.07. The molecule has 6 heteroatoms. The average Bonchev–Trinajstić information content (AvgIpc) is 3.75. The van der Waals surface area contributed by atoms with Crippen LogP contribution in [-0.2, 0) is 0 Å². The predicted molar refractivity (Wildman–Crippen MR) is 173 cm³/mol. The lowest BCUT2D eigenvalue weighted by molar-refractivity contribution is 0.940. The molecule has 0 atom stereocenters. The largest absolute Gasteiger partial charge is 0.308 e. The molecule has 5 aromatic heterocycles. The number of para-hydroxylation sites is 3. The van der Waals surface area contributed by atoms with Gasteiger partial charge in [-0.1, -0.05) is 84.9 Å². The van der Waals surface area contributed by atoms with Gasteiger partial charge in [0.1, 0.15) is 11.0 Å². The Morgan fingerprint density at radius 1 is 0.442 bits per heavy atom. The van der Waals surface area contributed by atoms with Crippen molar-refractivity contribution in [2.75, 3.05) is 0 Å². The van der Waals surface area contributed by atoms with Crippen molar-refractivity contribution >= 4 is 44.0 Å².